The maximum Gasteiger partial charge on any atom is 0.264 e. The van der Waals surface area contributed by atoms with E-state index in [0.29, 0.717) is 0 Å². The highest BCUT2D eigenvalue weighted by atomic mass is 35.5. The van der Waals surface area contributed by atoms with Gasteiger partial charge in [-0.05, 0) is 30.3 Å². The lowest BCUT2D eigenvalue weighted by molar-refractivity contribution is 0.151. The number of hydrogen-bond acceptors (Lipinski definition) is 2. The molecule has 2 aromatic carbocycles. The highest BCUT2D eigenvalue weighted by molar-refractivity contribution is 6.32. The zero-order valence-electron chi connectivity index (χ0n) is 9.91. The normalized spacial score (nSPS) is 10.4. The van der Waals surface area contributed by atoms with Gasteiger partial charge in [-0.1, -0.05) is 17.7 Å². The highest BCUT2D eigenvalue weighted by Gasteiger charge is 2.14. The molecule has 0 aliphatic heterocycles. The minimum atomic E-state index is -2.76. The van der Waals surface area contributed by atoms with Crippen LogP contribution in [0.3, 0.4) is 0 Å². The average Bonchev–Trinajstić information content (AvgIpc) is 2.42. The SMILES string of the molecule is N#Cc1cc(Oc2c(F)cccc2Cl)cc(C(F)F)c1. The predicted octanol–water partition coefficient (Wildman–Crippen LogP) is 5.08. The van der Waals surface area contributed by atoms with Gasteiger partial charge in [0.05, 0.1) is 16.7 Å². The number of nitriles is 1. The van der Waals surface area contributed by atoms with Gasteiger partial charge in [0.2, 0.25) is 0 Å². The van der Waals surface area contributed by atoms with Crippen LogP contribution in [0.1, 0.15) is 17.6 Å². The van der Waals surface area contributed by atoms with E-state index in [2.05, 4.69) is 0 Å². The molecule has 0 fully saturated rings. The van der Waals surface area contributed by atoms with E-state index in [4.69, 9.17) is 21.6 Å². The van der Waals surface area contributed by atoms with E-state index in [-0.39, 0.29) is 27.6 Å². The molecule has 2 rings (SSSR count). The standard InChI is InChI=1S/C14H7ClF3NO/c15-11-2-1-3-12(16)13(11)20-10-5-8(7-19)4-9(6-10)14(17)18/h1-6,14H. The first-order valence-electron chi connectivity index (χ1n) is 5.46. The van der Waals surface area contributed by atoms with Crippen molar-refractivity contribution in [2.75, 3.05) is 0 Å². The number of rotatable bonds is 3. The number of para-hydroxylation sites is 1. The second-order valence-corrected chi connectivity index (χ2v) is 4.26. The molecule has 6 heteroatoms. The van der Waals surface area contributed by atoms with E-state index in [1.165, 1.54) is 18.2 Å². The van der Waals surface area contributed by atoms with E-state index in [0.717, 1.165) is 18.2 Å². The fraction of sp³-hybridized carbons (Fsp3) is 0.0714. The number of ether oxygens (including phenoxy) is 1. The average molecular weight is 298 g/mol. The molecule has 20 heavy (non-hydrogen) atoms. The zero-order valence-corrected chi connectivity index (χ0v) is 10.7. The van der Waals surface area contributed by atoms with Crippen molar-refractivity contribution < 1.29 is 17.9 Å². The molecule has 0 atom stereocenters. The molecule has 0 aromatic heterocycles. The molecule has 0 aliphatic rings. The van der Waals surface area contributed by atoms with Crippen LogP contribution in [0, 0.1) is 17.1 Å². The van der Waals surface area contributed by atoms with E-state index in [9.17, 15) is 13.2 Å². The van der Waals surface area contributed by atoms with Crippen molar-refractivity contribution >= 4 is 11.6 Å². The molecule has 0 radical (unpaired) electrons. The Hall–Kier alpha value is -2.19. The Balaban J connectivity index is 2.44. The number of alkyl halides is 2. The van der Waals surface area contributed by atoms with Gasteiger partial charge < -0.3 is 4.74 Å². The van der Waals surface area contributed by atoms with Crippen LogP contribution in [0.25, 0.3) is 0 Å². The van der Waals surface area contributed by atoms with Crippen LogP contribution in [-0.2, 0) is 0 Å². The van der Waals surface area contributed by atoms with Crippen molar-refractivity contribution in [1.82, 2.24) is 0 Å². The topological polar surface area (TPSA) is 33.0 Å². The molecular weight excluding hydrogens is 291 g/mol. The van der Waals surface area contributed by atoms with Crippen molar-refractivity contribution in [3.8, 4) is 17.6 Å². The van der Waals surface area contributed by atoms with Crippen molar-refractivity contribution in [2.45, 2.75) is 6.43 Å². The zero-order chi connectivity index (χ0) is 14.7. The summed E-state index contributed by atoms with van der Waals surface area (Å²) in [5, 5.41) is 8.80. The van der Waals surface area contributed by atoms with Gasteiger partial charge >= 0.3 is 0 Å². The lowest BCUT2D eigenvalue weighted by atomic mass is 10.1. The monoisotopic (exact) mass is 297 g/mol. The van der Waals surface area contributed by atoms with Gasteiger partial charge in [0, 0.05) is 5.56 Å². The summed E-state index contributed by atoms with van der Waals surface area (Å²) in [4.78, 5) is 0. The summed E-state index contributed by atoms with van der Waals surface area (Å²) in [5.41, 5.74) is -0.392. The van der Waals surface area contributed by atoms with Crippen molar-refractivity contribution in [1.29, 1.82) is 5.26 Å². The third-order valence-electron chi connectivity index (χ3n) is 2.45. The third-order valence-corrected chi connectivity index (χ3v) is 2.75. The Labute approximate surface area is 118 Å². The molecule has 0 amide bonds. The van der Waals surface area contributed by atoms with Gasteiger partial charge in [-0.25, -0.2) is 13.2 Å². The first-order valence-corrected chi connectivity index (χ1v) is 5.84. The van der Waals surface area contributed by atoms with Crippen LogP contribution in [0.2, 0.25) is 5.02 Å². The quantitative estimate of drug-likeness (QED) is 0.791. The van der Waals surface area contributed by atoms with Gasteiger partial charge in [0.15, 0.2) is 11.6 Å². The lowest BCUT2D eigenvalue weighted by Crippen LogP contribution is -1.93. The molecule has 0 saturated heterocycles. The van der Waals surface area contributed by atoms with Crippen LogP contribution in [0.15, 0.2) is 36.4 Å². The Bertz CT molecular complexity index is 662. The minimum absolute atomic E-state index is 0.00552. The van der Waals surface area contributed by atoms with Crippen LogP contribution >= 0.6 is 11.6 Å². The maximum absolute atomic E-state index is 13.6. The van der Waals surface area contributed by atoms with Gasteiger partial charge in [0.25, 0.3) is 6.43 Å². The van der Waals surface area contributed by atoms with E-state index >= 15 is 0 Å². The van der Waals surface area contributed by atoms with Crippen LogP contribution in [0.5, 0.6) is 11.5 Å². The lowest BCUT2D eigenvalue weighted by Gasteiger charge is -2.10. The number of benzene rings is 2. The van der Waals surface area contributed by atoms with Crippen molar-refractivity contribution in [3.05, 3.63) is 58.4 Å². The summed E-state index contributed by atoms with van der Waals surface area (Å²) in [6.07, 6.45) is -2.76. The molecule has 0 bridgehead atoms. The first-order chi connectivity index (χ1) is 9.51. The molecule has 2 nitrogen and oxygen atoms in total. The first kappa shape index (κ1) is 14.2. The molecule has 0 heterocycles. The molecule has 0 spiro atoms. The number of nitrogens with zero attached hydrogens (tertiary/aromatic N) is 1. The van der Waals surface area contributed by atoms with Gasteiger partial charge in [-0.15, -0.1) is 0 Å². The largest absolute Gasteiger partial charge is 0.453 e. The van der Waals surface area contributed by atoms with E-state index in [1.807, 2.05) is 0 Å². The molecule has 102 valence electrons. The molecule has 0 N–H and O–H groups in total. The van der Waals surface area contributed by atoms with E-state index in [1.54, 1.807) is 6.07 Å². The van der Waals surface area contributed by atoms with Crippen molar-refractivity contribution in [2.24, 2.45) is 0 Å². The minimum Gasteiger partial charge on any atom is -0.453 e. The third kappa shape index (κ3) is 3.03. The second kappa shape index (κ2) is 5.85. The van der Waals surface area contributed by atoms with Crippen molar-refractivity contribution in [3.63, 3.8) is 0 Å². The summed E-state index contributed by atoms with van der Waals surface area (Å²) in [6, 6.07) is 8.97. The Kier molecular flexibility index (Phi) is 4.16. The summed E-state index contributed by atoms with van der Waals surface area (Å²) >= 11 is 5.78. The van der Waals surface area contributed by atoms with E-state index < -0.39 is 12.2 Å². The smallest absolute Gasteiger partial charge is 0.264 e. The fourth-order valence-electron chi connectivity index (χ4n) is 1.57. The van der Waals surface area contributed by atoms with Gasteiger partial charge in [-0.2, -0.15) is 5.26 Å². The molecule has 2 aromatic rings. The molecular formula is C14H7ClF3NO. The molecule has 0 saturated carbocycles. The Morgan fingerprint density at radius 1 is 1.20 bits per heavy atom. The second-order valence-electron chi connectivity index (χ2n) is 3.86. The van der Waals surface area contributed by atoms with Gasteiger partial charge in [0.1, 0.15) is 5.75 Å². The highest BCUT2D eigenvalue weighted by Crippen LogP contribution is 2.34. The summed E-state index contributed by atoms with van der Waals surface area (Å²) in [6.45, 7) is 0. The van der Waals surface area contributed by atoms with Crippen LogP contribution < -0.4 is 4.74 Å². The predicted molar refractivity (Wildman–Crippen MR) is 67.6 cm³/mol. The summed E-state index contributed by atoms with van der Waals surface area (Å²) < 4.78 is 44.1. The van der Waals surface area contributed by atoms with Crippen LogP contribution in [0.4, 0.5) is 13.2 Å². The summed E-state index contributed by atoms with van der Waals surface area (Å²) in [7, 11) is 0. The molecule has 0 unspecified atom stereocenters. The molecule has 0 aliphatic carbocycles. The fourth-order valence-corrected chi connectivity index (χ4v) is 1.77. The number of halogens is 4. The Morgan fingerprint density at radius 3 is 2.55 bits per heavy atom. The maximum atomic E-state index is 13.6. The number of hydrogen-bond donors (Lipinski definition) is 0. The summed E-state index contributed by atoms with van der Waals surface area (Å²) in [5.74, 6) is -1.07. The van der Waals surface area contributed by atoms with Gasteiger partial charge in [-0.3, -0.25) is 0 Å². The van der Waals surface area contributed by atoms with Crippen LogP contribution in [-0.4, -0.2) is 0 Å². The Morgan fingerprint density at radius 2 is 1.95 bits per heavy atom.